The Labute approximate surface area is 170 Å². The topological polar surface area (TPSA) is 41.5 Å². The van der Waals surface area contributed by atoms with Gasteiger partial charge in [-0.05, 0) is 29.2 Å². The molecule has 0 atom stereocenters. The van der Waals surface area contributed by atoms with E-state index in [1.807, 2.05) is 24.3 Å². The fraction of sp³-hybridized carbons (Fsp3) is 0.158. The molecule has 0 fully saturated rings. The van der Waals surface area contributed by atoms with Crippen LogP contribution < -0.4 is 5.43 Å². The van der Waals surface area contributed by atoms with Gasteiger partial charge in [-0.15, -0.1) is 11.3 Å². The number of hydrogen-bond acceptors (Lipinski definition) is 3. The first-order valence-electron chi connectivity index (χ1n) is 7.87. The molecule has 0 spiro atoms. The molecule has 0 saturated heterocycles. The monoisotopic (exact) mass is 424 g/mol. The summed E-state index contributed by atoms with van der Waals surface area (Å²) in [6.45, 7) is 4.27. The Bertz CT molecular complexity index is 994. The van der Waals surface area contributed by atoms with Crippen LogP contribution in [0.1, 0.15) is 40.6 Å². The number of carbonyl (C=O) groups excluding carboxylic acids is 1. The summed E-state index contributed by atoms with van der Waals surface area (Å²) in [7, 11) is 0. The molecule has 0 bridgehead atoms. The van der Waals surface area contributed by atoms with Crippen LogP contribution in [0.2, 0.25) is 15.1 Å². The molecule has 26 heavy (non-hydrogen) atoms. The molecule has 0 saturated carbocycles. The summed E-state index contributed by atoms with van der Waals surface area (Å²) >= 11 is 19.7. The molecule has 0 aliphatic carbocycles. The summed E-state index contributed by atoms with van der Waals surface area (Å²) in [5.41, 5.74) is 4.65. The molecule has 0 radical (unpaired) electrons. The number of rotatable bonds is 4. The minimum absolute atomic E-state index is 0.306. The Balaban J connectivity index is 1.77. The van der Waals surface area contributed by atoms with Crippen molar-refractivity contribution in [3.8, 4) is 0 Å². The first kappa shape index (κ1) is 19.2. The first-order chi connectivity index (χ1) is 12.4. The Kier molecular flexibility index (Phi) is 5.88. The van der Waals surface area contributed by atoms with Crippen molar-refractivity contribution < 1.29 is 4.79 Å². The molecule has 1 amide bonds. The van der Waals surface area contributed by atoms with E-state index in [1.54, 1.807) is 18.3 Å². The van der Waals surface area contributed by atoms with Gasteiger partial charge in [0.2, 0.25) is 0 Å². The van der Waals surface area contributed by atoms with Crippen LogP contribution in [0.25, 0.3) is 10.1 Å². The minimum atomic E-state index is -0.390. The molecule has 1 heterocycles. The number of amides is 1. The summed E-state index contributed by atoms with van der Waals surface area (Å²) in [5.74, 6) is 0.0783. The van der Waals surface area contributed by atoms with Gasteiger partial charge in [-0.1, -0.05) is 72.9 Å². The van der Waals surface area contributed by atoms with Crippen LogP contribution in [0, 0.1) is 0 Å². The fourth-order valence-corrected chi connectivity index (χ4v) is 4.71. The highest BCUT2D eigenvalue weighted by Crippen LogP contribution is 2.41. The van der Waals surface area contributed by atoms with E-state index in [0.29, 0.717) is 31.2 Å². The summed E-state index contributed by atoms with van der Waals surface area (Å²) < 4.78 is 0.755. The number of halogens is 3. The molecule has 134 valence electrons. The van der Waals surface area contributed by atoms with E-state index in [4.69, 9.17) is 34.8 Å². The van der Waals surface area contributed by atoms with E-state index >= 15 is 0 Å². The lowest BCUT2D eigenvalue weighted by Gasteiger charge is -2.04. The number of thiophene rings is 1. The second-order valence-electron chi connectivity index (χ2n) is 6.03. The second-order valence-corrected chi connectivity index (χ2v) is 8.30. The number of fused-ring (bicyclic) bond motifs is 1. The average Bonchev–Trinajstić information content (AvgIpc) is 2.92. The van der Waals surface area contributed by atoms with E-state index in [0.717, 1.165) is 10.3 Å². The van der Waals surface area contributed by atoms with E-state index in [9.17, 15) is 4.79 Å². The van der Waals surface area contributed by atoms with Gasteiger partial charge in [0.15, 0.2) is 0 Å². The predicted octanol–water partition coefficient (Wildman–Crippen LogP) is 6.75. The van der Waals surface area contributed by atoms with Crippen LogP contribution >= 0.6 is 46.1 Å². The molecule has 1 N–H and O–H groups in total. The second kappa shape index (κ2) is 7.97. The van der Waals surface area contributed by atoms with Crippen molar-refractivity contribution >= 4 is 68.3 Å². The largest absolute Gasteiger partial charge is 0.283 e. The lowest BCUT2D eigenvalue weighted by Crippen LogP contribution is -2.16. The van der Waals surface area contributed by atoms with E-state index in [1.165, 1.54) is 16.9 Å². The third-order valence-electron chi connectivity index (χ3n) is 3.84. The number of carbonyl (C=O) groups is 1. The third kappa shape index (κ3) is 4.04. The molecule has 2 aromatic carbocycles. The van der Waals surface area contributed by atoms with Gasteiger partial charge >= 0.3 is 0 Å². The van der Waals surface area contributed by atoms with Gasteiger partial charge in [0, 0.05) is 15.1 Å². The number of nitrogens with zero attached hydrogens (tertiary/aromatic N) is 1. The highest BCUT2D eigenvalue weighted by atomic mass is 35.5. The zero-order chi connectivity index (χ0) is 18.8. The number of nitrogens with one attached hydrogen (secondary N) is 1. The normalized spacial score (nSPS) is 11.6. The Morgan fingerprint density at radius 2 is 1.85 bits per heavy atom. The van der Waals surface area contributed by atoms with Gasteiger partial charge in [-0.3, -0.25) is 4.79 Å². The number of hydrazone groups is 1. The Morgan fingerprint density at radius 3 is 2.50 bits per heavy atom. The van der Waals surface area contributed by atoms with Crippen molar-refractivity contribution in [3.63, 3.8) is 0 Å². The molecule has 7 heteroatoms. The van der Waals surface area contributed by atoms with Gasteiger partial charge in [0.25, 0.3) is 5.91 Å². The van der Waals surface area contributed by atoms with Crippen molar-refractivity contribution in [2.75, 3.05) is 0 Å². The van der Waals surface area contributed by atoms with Gasteiger partial charge in [0.1, 0.15) is 4.88 Å². The lowest BCUT2D eigenvalue weighted by atomic mass is 10.0. The average molecular weight is 426 g/mol. The van der Waals surface area contributed by atoms with E-state index in [2.05, 4.69) is 24.4 Å². The minimum Gasteiger partial charge on any atom is -0.266 e. The molecular weight excluding hydrogens is 411 g/mol. The number of hydrogen-bond donors (Lipinski definition) is 1. The molecule has 3 rings (SSSR count). The highest BCUT2D eigenvalue weighted by Gasteiger charge is 2.19. The molecule has 0 unspecified atom stereocenters. The van der Waals surface area contributed by atoms with Gasteiger partial charge < -0.3 is 0 Å². The van der Waals surface area contributed by atoms with E-state index < -0.39 is 5.91 Å². The van der Waals surface area contributed by atoms with Gasteiger partial charge in [-0.2, -0.15) is 5.10 Å². The summed E-state index contributed by atoms with van der Waals surface area (Å²) in [5, 5.41) is 5.85. The van der Waals surface area contributed by atoms with Crippen LogP contribution in [0.3, 0.4) is 0 Å². The van der Waals surface area contributed by atoms with Crippen LogP contribution in [0.4, 0.5) is 0 Å². The first-order valence-corrected chi connectivity index (χ1v) is 9.82. The highest BCUT2D eigenvalue weighted by molar-refractivity contribution is 7.21. The maximum absolute atomic E-state index is 12.4. The number of benzene rings is 2. The zero-order valence-corrected chi connectivity index (χ0v) is 17.1. The molecular formula is C19H15Cl3N2OS. The molecule has 3 aromatic rings. The van der Waals surface area contributed by atoms with Crippen molar-refractivity contribution in [1.29, 1.82) is 0 Å². The van der Waals surface area contributed by atoms with Crippen LogP contribution in [0.15, 0.2) is 41.5 Å². The summed E-state index contributed by atoms with van der Waals surface area (Å²) in [4.78, 5) is 12.7. The van der Waals surface area contributed by atoms with Gasteiger partial charge in [-0.25, -0.2) is 5.43 Å². The summed E-state index contributed by atoms with van der Waals surface area (Å²) in [6, 6.07) is 11.3. The Morgan fingerprint density at radius 1 is 1.15 bits per heavy atom. The quantitative estimate of drug-likeness (QED) is 0.364. The standard InChI is InChI=1S/C19H15Cl3N2OS/c1-10(2)12-5-3-11(4-6-12)9-23-24-19(25)18-17(22)16-14(21)7-13(20)8-15(16)26-18/h3-10H,1-2H3,(H,24,25)/b23-9+. The van der Waals surface area contributed by atoms with E-state index in [-0.39, 0.29) is 0 Å². The van der Waals surface area contributed by atoms with Crippen molar-refractivity contribution in [2.45, 2.75) is 19.8 Å². The molecule has 0 aliphatic heterocycles. The molecule has 1 aromatic heterocycles. The van der Waals surface area contributed by atoms with Crippen molar-refractivity contribution in [2.24, 2.45) is 5.10 Å². The van der Waals surface area contributed by atoms with Crippen LogP contribution in [-0.2, 0) is 0 Å². The smallest absolute Gasteiger partial charge is 0.266 e. The van der Waals surface area contributed by atoms with Crippen molar-refractivity contribution in [1.82, 2.24) is 5.43 Å². The lowest BCUT2D eigenvalue weighted by molar-refractivity contribution is 0.0959. The fourth-order valence-electron chi connectivity index (χ4n) is 2.44. The van der Waals surface area contributed by atoms with Crippen LogP contribution in [-0.4, -0.2) is 12.1 Å². The maximum Gasteiger partial charge on any atom is 0.283 e. The maximum atomic E-state index is 12.4. The molecule has 3 nitrogen and oxygen atoms in total. The zero-order valence-electron chi connectivity index (χ0n) is 14.0. The third-order valence-corrected chi connectivity index (χ3v) is 5.98. The van der Waals surface area contributed by atoms with Crippen molar-refractivity contribution in [3.05, 3.63) is 67.5 Å². The molecule has 0 aliphatic rings. The van der Waals surface area contributed by atoms with Crippen LogP contribution in [0.5, 0.6) is 0 Å². The SMILES string of the molecule is CC(C)c1ccc(/C=N/NC(=O)c2sc3cc(Cl)cc(Cl)c3c2Cl)cc1. The van der Waals surface area contributed by atoms with Gasteiger partial charge in [0.05, 0.1) is 16.3 Å². The Hall–Kier alpha value is -1.59. The summed E-state index contributed by atoms with van der Waals surface area (Å²) in [6.07, 6.45) is 1.59. The predicted molar refractivity (Wildman–Crippen MR) is 112 cm³/mol.